The van der Waals surface area contributed by atoms with Crippen molar-refractivity contribution in [3.05, 3.63) is 321 Å². The summed E-state index contributed by atoms with van der Waals surface area (Å²) in [6.07, 6.45) is 1.04. The normalized spacial score (nSPS) is 9.87. The molecule has 0 aliphatic rings. The molecule has 0 atom stereocenters. The molecule has 0 unspecified atom stereocenters. The second-order valence-electron chi connectivity index (χ2n) is 24.9. The predicted molar refractivity (Wildman–Crippen MR) is 416 cm³/mol. The largest absolute Gasteiger partial charge is 0.508 e. The first-order valence-electron chi connectivity index (χ1n) is 32.7. The van der Waals surface area contributed by atoms with Crippen molar-refractivity contribution in [3.8, 4) is 23.0 Å². The molecule has 10 aromatic rings. The van der Waals surface area contributed by atoms with Crippen LogP contribution in [0.3, 0.4) is 0 Å². The number of rotatable bonds is 7. The van der Waals surface area contributed by atoms with E-state index in [9.17, 15) is 22.0 Å². The Morgan fingerprint density at radius 1 is 0.420 bits per heavy atom. The van der Waals surface area contributed by atoms with Gasteiger partial charge in [0.05, 0.1) is 32.1 Å². The van der Waals surface area contributed by atoms with Crippen LogP contribution in [0.25, 0.3) is 0 Å². The number of anilines is 1. The van der Waals surface area contributed by atoms with E-state index in [1.165, 1.54) is 51.1 Å². The first kappa shape index (κ1) is 88.7. The maximum atomic E-state index is 12.6. The number of aliphatic hydroxyl groups excluding tert-OH is 1. The van der Waals surface area contributed by atoms with Gasteiger partial charge < -0.3 is 34.7 Å². The first-order chi connectivity index (χ1) is 46.7. The summed E-state index contributed by atoms with van der Waals surface area (Å²) >= 11 is 5.81. The summed E-state index contributed by atoms with van der Waals surface area (Å²) in [4.78, 5) is 10.6. The number of halogens is 3. The van der Waals surface area contributed by atoms with Gasteiger partial charge in [-0.3, -0.25) is 0 Å². The number of carbonyl (C=O) groups is 1. The minimum Gasteiger partial charge on any atom is -0.508 e. The summed E-state index contributed by atoms with van der Waals surface area (Å²) in [5.41, 5.74) is 28.9. The number of aromatic hydroxyl groups is 1. The topological polar surface area (TPSA) is 166 Å². The van der Waals surface area contributed by atoms with E-state index in [0.717, 1.165) is 102 Å². The summed E-state index contributed by atoms with van der Waals surface area (Å²) in [7, 11) is -1.72. The van der Waals surface area contributed by atoms with E-state index in [1.807, 2.05) is 188 Å². The quantitative estimate of drug-likeness (QED) is 0.0891. The van der Waals surface area contributed by atoms with E-state index >= 15 is 0 Å². The fourth-order valence-corrected chi connectivity index (χ4v) is 9.16. The lowest BCUT2D eigenvalue weighted by Crippen LogP contribution is -2.06. The molecule has 10 rings (SSSR count). The van der Waals surface area contributed by atoms with Crippen molar-refractivity contribution in [2.75, 3.05) is 25.7 Å². The molecule has 10 nitrogen and oxygen atoms in total. The Morgan fingerprint density at radius 3 is 1.08 bits per heavy atom. The summed E-state index contributed by atoms with van der Waals surface area (Å²) in [5.74, 6) is 1.68. The second kappa shape index (κ2) is 45.4. The number of methoxy groups -OCH3 is 1. The zero-order chi connectivity index (χ0) is 76.1. The Bertz CT molecular complexity index is 3960. The first-order valence-corrected chi connectivity index (χ1v) is 34.9. The van der Waals surface area contributed by atoms with Crippen LogP contribution in [0, 0.1) is 150 Å². The zero-order valence-electron chi connectivity index (χ0n) is 63.1. The Labute approximate surface area is 602 Å². The minimum absolute atomic E-state index is 0.116. The third kappa shape index (κ3) is 36.5. The van der Waals surface area contributed by atoms with Crippen molar-refractivity contribution in [1.82, 2.24) is 0 Å². The van der Waals surface area contributed by atoms with Gasteiger partial charge in [0.25, 0.3) is 0 Å². The van der Waals surface area contributed by atoms with E-state index in [0.29, 0.717) is 28.2 Å². The van der Waals surface area contributed by atoms with Crippen molar-refractivity contribution in [2.24, 2.45) is 0 Å². The van der Waals surface area contributed by atoms with Crippen LogP contribution in [-0.2, 0) is 16.7 Å². The number of carboxylic acid groups (broad SMARTS) is 1. The van der Waals surface area contributed by atoms with Crippen molar-refractivity contribution in [2.45, 2.75) is 152 Å². The number of benzene rings is 10. The van der Waals surface area contributed by atoms with Crippen LogP contribution in [0.1, 0.15) is 134 Å². The smallest absolute Gasteiger partial charge is 0.335 e. The average Bonchev–Trinajstić information content (AvgIpc) is 0.874. The standard InChI is InChI=1S/C10H14O.C9H12O3S.C9H10O2.2C9H12O.C8H9Cl.2C8H9F.C8H11N.C8H10O/c1-4-11-10-7-8(2)5-6-9(10)3;1-7-4-5-8(2)9(6-7)12-13(3,10)11;1-6-3-4-7(2)8(5-6)9(10)11;1-7-4-5-8(2)9(6-7)10-3;1-7-3-4-8(2)9(5-7)6-10;5*1-6-3-4-7(2)8(9)5-6/h5-7H,4H2,1-3H3;4-6H,1-3H3;3-5H,1-2H3,(H,10,11);4-6H,1-3H3;3-5,10H,6H2,1-2H3;3*3-5H,1-2H3;3-5H,9H2,1-2H3;3-5,9H,1-2H3. The van der Waals surface area contributed by atoms with Crippen LogP contribution >= 0.6 is 11.6 Å². The summed E-state index contributed by atoms with van der Waals surface area (Å²) in [6.45, 7) is 41.7. The van der Waals surface area contributed by atoms with Crippen LogP contribution in [0.5, 0.6) is 23.0 Å². The fourth-order valence-electron chi connectivity index (χ4n) is 8.42. The number of aromatic carboxylic acids is 1. The molecule has 0 spiro atoms. The number of carboxylic acids is 1. The molecule has 0 heterocycles. The van der Waals surface area contributed by atoms with E-state index in [1.54, 1.807) is 65.1 Å². The van der Waals surface area contributed by atoms with E-state index < -0.39 is 16.1 Å². The lowest BCUT2D eigenvalue weighted by atomic mass is 10.1. The number of phenolic OH excluding ortho intramolecular Hbond substituents is 1. The third-order valence-electron chi connectivity index (χ3n) is 14.9. The highest BCUT2D eigenvalue weighted by atomic mass is 35.5. The monoisotopic (exact) mass is 1400 g/mol. The van der Waals surface area contributed by atoms with E-state index in [4.69, 9.17) is 46.3 Å². The SMILES string of the molecule is CCOc1cc(C)ccc1C.COc1cc(C)ccc1C.Cc1ccc(C)c(C(=O)O)c1.Cc1ccc(C)c(CO)c1.Cc1ccc(C)c(Cl)c1.Cc1ccc(C)c(F)c1.Cc1ccc(C)c(F)c1.Cc1ccc(C)c(N)c1.Cc1ccc(C)c(O)c1.Cc1ccc(C)c(OS(C)(=O)=O)c1. The highest BCUT2D eigenvalue weighted by Crippen LogP contribution is 2.23. The van der Waals surface area contributed by atoms with Gasteiger partial charge in [0.2, 0.25) is 0 Å². The van der Waals surface area contributed by atoms with Crippen molar-refractivity contribution >= 4 is 33.4 Å². The zero-order valence-corrected chi connectivity index (χ0v) is 64.7. The van der Waals surface area contributed by atoms with Gasteiger partial charge in [-0.1, -0.05) is 150 Å². The van der Waals surface area contributed by atoms with Gasteiger partial charge in [0.1, 0.15) is 34.6 Å². The van der Waals surface area contributed by atoms with Crippen LogP contribution in [0.2, 0.25) is 5.02 Å². The Morgan fingerprint density at radius 2 is 0.750 bits per heavy atom. The maximum Gasteiger partial charge on any atom is 0.335 e. The molecule has 0 fully saturated rings. The molecule has 0 saturated carbocycles. The summed E-state index contributed by atoms with van der Waals surface area (Å²) in [6, 6.07) is 57.6. The molecule has 0 aromatic heterocycles. The Kier molecular flexibility index (Phi) is 40.3. The number of ether oxygens (including phenoxy) is 2. The van der Waals surface area contributed by atoms with Gasteiger partial charge in [-0.05, 0) is 306 Å². The molecular weight excluding hydrogens is 1300 g/mol. The van der Waals surface area contributed by atoms with Gasteiger partial charge in [-0.15, -0.1) is 0 Å². The average molecular weight is 1410 g/mol. The van der Waals surface area contributed by atoms with Crippen molar-refractivity contribution in [1.29, 1.82) is 0 Å². The third-order valence-corrected chi connectivity index (χ3v) is 15.8. The van der Waals surface area contributed by atoms with Crippen LogP contribution in [0.15, 0.2) is 182 Å². The van der Waals surface area contributed by atoms with Gasteiger partial charge in [-0.2, -0.15) is 8.42 Å². The number of nitrogens with two attached hydrogens (primary N) is 1. The van der Waals surface area contributed by atoms with Crippen LogP contribution in [0.4, 0.5) is 14.5 Å². The lowest BCUT2D eigenvalue weighted by molar-refractivity contribution is 0.0695. The van der Waals surface area contributed by atoms with Gasteiger partial charge in [0, 0.05) is 10.7 Å². The van der Waals surface area contributed by atoms with Crippen LogP contribution in [-0.4, -0.2) is 49.7 Å². The van der Waals surface area contributed by atoms with E-state index in [2.05, 4.69) is 69.3 Å². The van der Waals surface area contributed by atoms with E-state index in [-0.39, 0.29) is 18.2 Å². The Hall–Kier alpha value is -9.27. The van der Waals surface area contributed by atoms with Gasteiger partial charge in [-0.25, -0.2) is 13.6 Å². The number of phenols is 1. The highest BCUT2D eigenvalue weighted by molar-refractivity contribution is 7.86. The highest BCUT2D eigenvalue weighted by Gasteiger charge is 2.08. The molecule has 0 bridgehead atoms. The molecule has 0 saturated heterocycles. The fraction of sp³-hybridized carbons (Fsp3) is 0.291. The predicted octanol–water partition coefficient (Wildman–Crippen LogP) is 22.2. The van der Waals surface area contributed by atoms with Gasteiger partial charge >= 0.3 is 16.1 Å². The lowest BCUT2D eigenvalue weighted by Gasteiger charge is -2.06. The molecule has 5 N–H and O–H groups in total. The number of hydrogen-bond acceptors (Lipinski definition) is 9. The van der Waals surface area contributed by atoms with Crippen LogP contribution < -0.4 is 19.4 Å². The number of nitrogen functional groups attached to an aromatic ring is 1. The van der Waals surface area contributed by atoms with Crippen molar-refractivity contribution < 1.29 is 51.0 Å². The number of hydrogen-bond donors (Lipinski definition) is 4. The molecular formula is C86H108ClF2NO9S. The van der Waals surface area contributed by atoms with Crippen molar-refractivity contribution in [3.63, 3.8) is 0 Å². The summed E-state index contributed by atoms with van der Waals surface area (Å²) in [5, 5.41) is 27.5. The maximum absolute atomic E-state index is 12.6. The minimum atomic E-state index is -3.42. The van der Waals surface area contributed by atoms with Gasteiger partial charge in [0.15, 0.2) is 0 Å². The molecule has 0 radical (unpaired) electrons. The number of aliphatic hydroxyl groups is 1. The molecule has 10 aromatic carbocycles. The molecule has 0 amide bonds. The molecule has 14 heteroatoms. The molecule has 0 aliphatic heterocycles. The second-order valence-corrected chi connectivity index (χ2v) is 26.8. The molecule has 0 aliphatic carbocycles. The Balaban J connectivity index is 0.000000557. The number of aryl methyl sites for hydroxylation is 20. The summed E-state index contributed by atoms with van der Waals surface area (Å²) < 4.78 is 62.2. The molecule has 538 valence electrons. The molecule has 100 heavy (non-hydrogen) atoms.